The molecule has 3 rings (SSSR count). The molecule has 0 spiro atoms. The second kappa shape index (κ2) is 6.14. The van der Waals surface area contributed by atoms with Crippen LogP contribution >= 0.6 is 0 Å². The third-order valence-electron chi connectivity index (χ3n) is 3.82. The summed E-state index contributed by atoms with van der Waals surface area (Å²) in [5.74, 6) is 1.37. The second-order valence-electron chi connectivity index (χ2n) is 5.19. The summed E-state index contributed by atoms with van der Waals surface area (Å²) in [4.78, 5) is 0.286. The Hall–Kier alpha value is -1.79. The van der Waals surface area contributed by atoms with Gasteiger partial charge in [0.25, 0.3) is 0 Å². The molecule has 5 nitrogen and oxygen atoms in total. The van der Waals surface area contributed by atoms with E-state index in [4.69, 9.17) is 9.15 Å². The highest BCUT2D eigenvalue weighted by Gasteiger charge is 2.37. The van der Waals surface area contributed by atoms with E-state index in [-0.39, 0.29) is 10.9 Å². The third-order valence-corrected chi connectivity index (χ3v) is 5.74. The molecule has 0 N–H and O–H groups in total. The minimum Gasteiger partial charge on any atom is -0.494 e. The van der Waals surface area contributed by atoms with E-state index in [2.05, 4.69) is 0 Å². The number of furan rings is 1. The topological polar surface area (TPSA) is 59.8 Å². The zero-order chi connectivity index (χ0) is 15.6. The molecule has 2 aromatic rings. The van der Waals surface area contributed by atoms with Crippen LogP contribution in [0.5, 0.6) is 5.75 Å². The summed E-state index contributed by atoms with van der Waals surface area (Å²) < 4.78 is 38.0. The summed E-state index contributed by atoms with van der Waals surface area (Å²) in [6, 6.07) is 9.97. The van der Waals surface area contributed by atoms with Crippen LogP contribution in [0.3, 0.4) is 0 Å². The highest BCUT2D eigenvalue weighted by atomic mass is 32.2. The van der Waals surface area contributed by atoms with E-state index in [1.54, 1.807) is 36.6 Å². The monoisotopic (exact) mass is 321 g/mol. The predicted octanol–water partition coefficient (Wildman–Crippen LogP) is 3.20. The van der Waals surface area contributed by atoms with Crippen molar-refractivity contribution in [2.45, 2.75) is 30.7 Å². The Labute approximate surface area is 130 Å². The van der Waals surface area contributed by atoms with E-state index in [0.29, 0.717) is 24.7 Å². The van der Waals surface area contributed by atoms with Gasteiger partial charge in [-0.05, 0) is 56.2 Å². The molecular formula is C16H19NO4S. The lowest BCUT2D eigenvalue weighted by Crippen LogP contribution is -2.30. The van der Waals surface area contributed by atoms with Crippen LogP contribution in [0.25, 0.3) is 0 Å². The van der Waals surface area contributed by atoms with Gasteiger partial charge in [0, 0.05) is 6.54 Å². The number of hydrogen-bond donors (Lipinski definition) is 0. The fraction of sp³-hybridized carbons (Fsp3) is 0.375. The Bertz CT molecular complexity index is 707. The van der Waals surface area contributed by atoms with E-state index in [1.165, 1.54) is 4.31 Å². The number of ether oxygens (including phenoxy) is 1. The number of hydrogen-bond acceptors (Lipinski definition) is 4. The molecule has 0 bridgehead atoms. The first kappa shape index (κ1) is 15.1. The smallest absolute Gasteiger partial charge is 0.243 e. The Morgan fingerprint density at radius 1 is 1.27 bits per heavy atom. The molecule has 1 atom stereocenters. The van der Waals surface area contributed by atoms with E-state index in [1.807, 2.05) is 13.0 Å². The van der Waals surface area contributed by atoms with Crippen molar-refractivity contribution < 1.29 is 17.6 Å². The molecule has 1 unspecified atom stereocenters. The first-order valence-electron chi connectivity index (χ1n) is 7.41. The zero-order valence-electron chi connectivity index (χ0n) is 12.4. The minimum atomic E-state index is -3.53. The van der Waals surface area contributed by atoms with Gasteiger partial charge in [0.2, 0.25) is 10.0 Å². The van der Waals surface area contributed by atoms with Gasteiger partial charge in [-0.25, -0.2) is 8.42 Å². The van der Waals surface area contributed by atoms with Crippen LogP contribution in [-0.2, 0) is 10.0 Å². The molecule has 1 aliphatic heterocycles. The molecule has 1 fully saturated rings. The summed E-state index contributed by atoms with van der Waals surface area (Å²) in [5, 5.41) is 0. The molecule has 0 radical (unpaired) electrons. The maximum atomic E-state index is 12.9. The van der Waals surface area contributed by atoms with Crippen LogP contribution in [0, 0.1) is 0 Å². The van der Waals surface area contributed by atoms with Gasteiger partial charge in [0.1, 0.15) is 11.5 Å². The molecule has 1 aliphatic rings. The molecular weight excluding hydrogens is 302 g/mol. The van der Waals surface area contributed by atoms with Crippen molar-refractivity contribution in [2.75, 3.05) is 13.2 Å². The molecule has 118 valence electrons. The van der Waals surface area contributed by atoms with Crippen molar-refractivity contribution in [1.82, 2.24) is 4.31 Å². The third kappa shape index (κ3) is 2.76. The van der Waals surface area contributed by atoms with E-state index in [0.717, 1.165) is 12.8 Å². The largest absolute Gasteiger partial charge is 0.494 e. The molecule has 1 aromatic heterocycles. The van der Waals surface area contributed by atoms with E-state index >= 15 is 0 Å². The zero-order valence-corrected chi connectivity index (χ0v) is 13.3. The lowest BCUT2D eigenvalue weighted by molar-refractivity contribution is 0.337. The van der Waals surface area contributed by atoms with E-state index in [9.17, 15) is 8.42 Å². The molecule has 0 aliphatic carbocycles. The van der Waals surface area contributed by atoms with E-state index < -0.39 is 10.0 Å². The molecule has 0 amide bonds. The molecule has 22 heavy (non-hydrogen) atoms. The first-order valence-corrected chi connectivity index (χ1v) is 8.85. The SMILES string of the molecule is CCOc1ccc(S(=O)(=O)N2CCCC2c2ccco2)cc1. The van der Waals surface area contributed by atoms with Crippen molar-refractivity contribution in [2.24, 2.45) is 0 Å². The average molecular weight is 321 g/mol. The second-order valence-corrected chi connectivity index (χ2v) is 7.08. The Morgan fingerprint density at radius 3 is 2.68 bits per heavy atom. The van der Waals surface area contributed by atoms with Gasteiger partial charge in [-0.3, -0.25) is 0 Å². The predicted molar refractivity (Wildman–Crippen MR) is 82.2 cm³/mol. The summed E-state index contributed by atoms with van der Waals surface area (Å²) >= 11 is 0. The van der Waals surface area contributed by atoms with Crippen molar-refractivity contribution in [3.05, 3.63) is 48.4 Å². The Balaban J connectivity index is 1.88. The van der Waals surface area contributed by atoms with Crippen LogP contribution in [0.2, 0.25) is 0 Å². The fourth-order valence-corrected chi connectivity index (χ4v) is 4.47. The van der Waals surface area contributed by atoms with Gasteiger partial charge in [-0.1, -0.05) is 0 Å². The van der Waals surface area contributed by atoms with Crippen LogP contribution in [0.15, 0.2) is 52.0 Å². The summed E-state index contributed by atoms with van der Waals surface area (Å²) in [7, 11) is -3.53. The molecule has 1 aromatic carbocycles. The highest BCUT2D eigenvalue weighted by molar-refractivity contribution is 7.89. The maximum absolute atomic E-state index is 12.9. The number of sulfonamides is 1. The van der Waals surface area contributed by atoms with Crippen molar-refractivity contribution in [1.29, 1.82) is 0 Å². The van der Waals surface area contributed by atoms with Crippen molar-refractivity contribution >= 4 is 10.0 Å². The van der Waals surface area contributed by atoms with Gasteiger partial charge in [0.05, 0.1) is 23.8 Å². The van der Waals surface area contributed by atoms with Crippen LogP contribution in [0.4, 0.5) is 0 Å². The Kier molecular flexibility index (Phi) is 4.22. The van der Waals surface area contributed by atoms with Gasteiger partial charge in [-0.2, -0.15) is 4.31 Å². The lowest BCUT2D eigenvalue weighted by Gasteiger charge is -2.22. The maximum Gasteiger partial charge on any atom is 0.243 e. The van der Waals surface area contributed by atoms with Gasteiger partial charge < -0.3 is 9.15 Å². The van der Waals surface area contributed by atoms with Crippen LogP contribution in [0.1, 0.15) is 31.6 Å². The summed E-state index contributed by atoms with van der Waals surface area (Å²) in [5.41, 5.74) is 0. The molecule has 0 saturated carbocycles. The lowest BCUT2D eigenvalue weighted by atomic mass is 10.2. The average Bonchev–Trinajstić information content (AvgIpc) is 3.19. The Morgan fingerprint density at radius 2 is 2.05 bits per heavy atom. The van der Waals surface area contributed by atoms with Crippen LogP contribution in [-0.4, -0.2) is 25.9 Å². The van der Waals surface area contributed by atoms with Gasteiger partial charge in [-0.15, -0.1) is 0 Å². The number of rotatable bonds is 5. The minimum absolute atomic E-state index is 0.216. The fourth-order valence-electron chi connectivity index (χ4n) is 2.80. The highest BCUT2D eigenvalue weighted by Crippen LogP contribution is 2.36. The first-order chi connectivity index (χ1) is 10.6. The summed E-state index contributed by atoms with van der Waals surface area (Å²) in [6.07, 6.45) is 3.20. The van der Waals surface area contributed by atoms with Crippen molar-refractivity contribution in [3.63, 3.8) is 0 Å². The standard InChI is InChI=1S/C16H19NO4S/c1-2-20-13-7-9-14(10-8-13)22(18,19)17-11-3-5-15(17)16-6-4-12-21-16/h4,6-10,12,15H,2-3,5,11H2,1H3. The normalized spacial score (nSPS) is 19.4. The number of nitrogens with zero attached hydrogens (tertiary/aromatic N) is 1. The molecule has 6 heteroatoms. The summed E-state index contributed by atoms with van der Waals surface area (Å²) in [6.45, 7) is 2.96. The van der Waals surface area contributed by atoms with Gasteiger partial charge >= 0.3 is 0 Å². The van der Waals surface area contributed by atoms with Crippen LogP contribution < -0.4 is 4.74 Å². The van der Waals surface area contributed by atoms with Gasteiger partial charge in [0.15, 0.2) is 0 Å². The quantitative estimate of drug-likeness (QED) is 0.848. The number of benzene rings is 1. The van der Waals surface area contributed by atoms with Crippen molar-refractivity contribution in [3.8, 4) is 5.75 Å². The molecule has 2 heterocycles. The molecule has 1 saturated heterocycles.